The summed E-state index contributed by atoms with van der Waals surface area (Å²) in [5.41, 5.74) is 2.14. The van der Waals surface area contributed by atoms with Crippen molar-refractivity contribution in [1.82, 2.24) is 20.3 Å². The lowest BCUT2D eigenvalue weighted by atomic mass is 10.1. The number of hydrogen-bond acceptors (Lipinski definition) is 4. The summed E-state index contributed by atoms with van der Waals surface area (Å²) in [4.78, 5) is 11.8. The minimum absolute atomic E-state index is 0.442. The Morgan fingerprint density at radius 2 is 2.11 bits per heavy atom. The lowest BCUT2D eigenvalue weighted by Gasteiger charge is -2.23. The lowest BCUT2D eigenvalue weighted by Crippen LogP contribution is -2.38. The third-order valence-electron chi connectivity index (χ3n) is 3.21. The first-order chi connectivity index (χ1) is 8.92. The van der Waals surface area contributed by atoms with Gasteiger partial charge in [0.2, 0.25) is 5.95 Å². The van der Waals surface area contributed by atoms with Crippen molar-refractivity contribution in [3.63, 3.8) is 0 Å². The Bertz CT molecular complexity index is 471. The Labute approximate surface area is 106 Å². The van der Waals surface area contributed by atoms with Crippen molar-refractivity contribution in [3.05, 3.63) is 30.9 Å². The highest BCUT2D eigenvalue weighted by molar-refractivity contribution is 5.60. The van der Waals surface area contributed by atoms with E-state index in [2.05, 4.69) is 25.6 Å². The number of hydrogen-bond donors (Lipinski definition) is 3. The molecule has 0 radical (unpaired) electrons. The summed E-state index contributed by atoms with van der Waals surface area (Å²) in [7, 11) is 0. The smallest absolute Gasteiger partial charge is 0.222 e. The van der Waals surface area contributed by atoms with Gasteiger partial charge < -0.3 is 15.6 Å². The van der Waals surface area contributed by atoms with Crippen LogP contribution in [0.1, 0.15) is 12.8 Å². The molecule has 94 valence electrons. The average molecular weight is 243 g/mol. The van der Waals surface area contributed by atoms with Crippen LogP contribution in [0.4, 0.5) is 5.95 Å². The molecule has 1 aliphatic heterocycles. The highest BCUT2D eigenvalue weighted by atomic mass is 15.1. The third kappa shape index (κ3) is 2.51. The third-order valence-corrected chi connectivity index (χ3v) is 3.21. The summed E-state index contributed by atoms with van der Waals surface area (Å²) < 4.78 is 0. The summed E-state index contributed by atoms with van der Waals surface area (Å²) in [5.74, 6) is 0.711. The summed E-state index contributed by atoms with van der Waals surface area (Å²) in [6.45, 7) is 2.11. The number of rotatable bonds is 3. The van der Waals surface area contributed by atoms with Gasteiger partial charge in [-0.2, -0.15) is 0 Å². The molecular weight excluding hydrogens is 226 g/mol. The van der Waals surface area contributed by atoms with E-state index in [1.54, 1.807) is 0 Å². The molecule has 3 heterocycles. The van der Waals surface area contributed by atoms with E-state index >= 15 is 0 Å². The molecule has 3 rings (SSSR count). The molecular formula is C13H17N5. The first kappa shape index (κ1) is 11.2. The Morgan fingerprint density at radius 1 is 1.22 bits per heavy atom. The van der Waals surface area contributed by atoms with Crippen LogP contribution in [-0.2, 0) is 0 Å². The van der Waals surface area contributed by atoms with E-state index in [0.29, 0.717) is 12.0 Å². The normalized spacial score (nSPS) is 19.7. The Balaban J connectivity index is 1.67. The molecule has 5 heteroatoms. The van der Waals surface area contributed by atoms with Crippen molar-refractivity contribution in [1.29, 1.82) is 0 Å². The molecule has 2 aromatic heterocycles. The van der Waals surface area contributed by atoms with Crippen molar-refractivity contribution >= 4 is 5.95 Å². The molecule has 1 saturated heterocycles. The molecule has 3 N–H and O–H groups in total. The molecule has 0 bridgehead atoms. The van der Waals surface area contributed by atoms with E-state index in [9.17, 15) is 0 Å². The topological polar surface area (TPSA) is 65.6 Å². The van der Waals surface area contributed by atoms with E-state index < -0.39 is 0 Å². The van der Waals surface area contributed by atoms with Crippen molar-refractivity contribution in [2.45, 2.75) is 18.9 Å². The average Bonchev–Trinajstić information content (AvgIpc) is 2.95. The van der Waals surface area contributed by atoms with Gasteiger partial charge in [0.1, 0.15) is 0 Å². The number of H-pyrrole nitrogens is 1. The largest absolute Gasteiger partial charge is 0.367 e. The second-order valence-corrected chi connectivity index (χ2v) is 4.58. The van der Waals surface area contributed by atoms with Gasteiger partial charge in [0, 0.05) is 48.5 Å². The quantitative estimate of drug-likeness (QED) is 0.766. The van der Waals surface area contributed by atoms with E-state index in [4.69, 9.17) is 0 Å². The molecule has 1 atom stereocenters. The van der Waals surface area contributed by atoms with Crippen molar-refractivity contribution in [3.8, 4) is 11.1 Å². The first-order valence-electron chi connectivity index (χ1n) is 6.34. The van der Waals surface area contributed by atoms with Crippen molar-refractivity contribution < 1.29 is 0 Å². The number of aromatic nitrogens is 3. The SMILES string of the molecule is c1cc(-c2cnc(NC3CCCNC3)nc2)c[nH]1. The van der Waals surface area contributed by atoms with Crippen LogP contribution >= 0.6 is 0 Å². The maximum Gasteiger partial charge on any atom is 0.222 e. The van der Waals surface area contributed by atoms with Crippen LogP contribution in [-0.4, -0.2) is 34.1 Å². The fourth-order valence-corrected chi connectivity index (χ4v) is 2.21. The van der Waals surface area contributed by atoms with Crippen LogP contribution in [0.3, 0.4) is 0 Å². The van der Waals surface area contributed by atoms with Crippen LogP contribution in [0.25, 0.3) is 11.1 Å². The second-order valence-electron chi connectivity index (χ2n) is 4.58. The maximum absolute atomic E-state index is 4.36. The van der Waals surface area contributed by atoms with Gasteiger partial charge in [0.25, 0.3) is 0 Å². The number of piperidine rings is 1. The molecule has 18 heavy (non-hydrogen) atoms. The van der Waals surface area contributed by atoms with Crippen molar-refractivity contribution in [2.24, 2.45) is 0 Å². The Hall–Kier alpha value is -1.88. The number of aromatic amines is 1. The van der Waals surface area contributed by atoms with Crippen molar-refractivity contribution in [2.75, 3.05) is 18.4 Å². The van der Waals surface area contributed by atoms with E-state index in [-0.39, 0.29) is 0 Å². The van der Waals surface area contributed by atoms with Crippen LogP contribution in [0, 0.1) is 0 Å². The lowest BCUT2D eigenvalue weighted by molar-refractivity contribution is 0.478. The summed E-state index contributed by atoms with van der Waals surface area (Å²) >= 11 is 0. The Morgan fingerprint density at radius 3 is 2.78 bits per heavy atom. The molecule has 0 saturated carbocycles. The maximum atomic E-state index is 4.36. The minimum atomic E-state index is 0.442. The molecule has 1 unspecified atom stereocenters. The zero-order chi connectivity index (χ0) is 12.2. The zero-order valence-electron chi connectivity index (χ0n) is 10.2. The molecule has 1 aliphatic rings. The fourth-order valence-electron chi connectivity index (χ4n) is 2.21. The van der Waals surface area contributed by atoms with Gasteiger partial charge in [-0.3, -0.25) is 0 Å². The van der Waals surface area contributed by atoms with Crippen LogP contribution in [0.5, 0.6) is 0 Å². The van der Waals surface area contributed by atoms with Gasteiger partial charge in [-0.05, 0) is 25.5 Å². The highest BCUT2D eigenvalue weighted by Gasteiger charge is 2.13. The van der Waals surface area contributed by atoms with Crippen LogP contribution < -0.4 is 10.6 Å². The number of nitrogens with one attached hydrogen (secondary N) is 3. The van der Waals surface area contributed by atoms with Gasteiger partial charge in [0.05, 0.1) is 0 Å². The van der Waals surface area contributed by atoms with E-state index in [1.165, 1.54) is 12.8 Å². The van der Waals surface area contributed by atoms with Gasteiger partial charge >= 0.3 is 0 Å². The van der Waals surface area contributed by atoms with Gasteiger partial charge in [0.15, 0.2) is 0 Å². The Kier molecular flexibility index (Phi) is 3.23. The minimum Gasteiger partial charge on any atom is -0.367 e. The highest BCUT2D eigenvalue weighted by Crippen LogP contribution is 2.17. The number of nitrogens with zero attached hydrogens (tertiary/aromatic N) is 2. The van der Waals surface area contributed by atoms with E-state index in [1.807, 2.05) is 30.9 Å². The predicted molar refractivity (Wildman–Crippen MR) is 71.3 cm³/mol. The molecule has 1 fully saturated rings. The second kappa shape index (κ2) is 5.18. The molecule has 0 aromatic carbocycles. The van der Waals surface area contributed by atoms with E-state index in [0.717, 1.165) is 24.2 Å². The summed E-state index contributed by atoms with van der Waals surface area (Å²) in [5, 5.41) is 6.73. The predicted octanol–water partition coefficient (Wildman–Crippen LogP) is 1.64. The molecule has 2 aromatic rings. The molecule has 0 amide bonds. The standard InChI is InChI=1S/C13H17N5/c1-2-12(9-14-4-1)18-13-16-7-11(8-17-13)10-3-5-15-6-10/h3,5-8,12,14-15H,1-2,4,9H2,(H,16,17,18). The molecule has 0 spiro atoms. The molecule has 0 aliphatic carbocycles. The zero-order valence-corrected chi connectivity index (χ0v) is 10.2. The first-order valence-corrected chi connectivity index (χ1v) is 6.34. The fraction of sp³-hybridized carbons (Fsp3) is 0.385. The van der Waals surface area contributed by atoms with Gasteiger partial charge in [-0.15, -0.1) is 0 Å². The number of anilines is 1. The van der Waals surface area contributed by atoms with Crippen LogP contribution in [0.15, 0.2) is 30.9 Å². The monoisotopic (exact) mass is 243 g/mol. The van der Waals surface area contributed by atoms with Gasteiger partial charge in [-0.25, -0.2) is 9.97 Å². The molecule has 5 nitrogen and oxygen atoms in total. The summed E-state index contributed by atoms with van der Waals surface area (Å²) in [6.07, 6.45) is 9.94. The summed E-state index contributed by atoms with van der Waals surface area (Å²) in [6, 6.07) is 2.45. The van der Waals surface area contributed by atoms with Crippen LogP contribution in [0.2, 0.25) is 0 Å². The van der Waals surface area contributed by atoms with Gasteiger partial charge in [-0.1, -0.05) is 0 Å².